The Morgan fingerprint density at radius 2 is 1.14 bits per heavy atom. The van der Waals surface area contributed by atoms with E-state index >= 15 is 0 Å². The second-order valence-electron chi connectivity index (χ2n) is 18.4. The summed E-state index contributed by atoms with van der Waals surface area (Å²) in [5.41, 5.74) is 1.10. The maximum absolute atomic E-state index is 11.5. The van der Waals surface area contributed by atoms with E-state index in [1.807, 2.05) is 84.9 Å². The van der Waals surface area contributed by atoms with Crippen molar-refractivity contribution < 1.29 is 38.5 Å². The number of rotatable bonds is 5. The second kappa shape index (κ2) is 24.3. The highest BCUT2D eigenvalue weighted by molar-refractivity contribution is 9.10. The summed E-state index contributed by atoms with van der Waals surface area (Å²) in [5, 5.41) is 45.2. The van der Waals surface area contributed by atoms with E-state index in [4.69, 9.17) is 39.1 Å². The molecule has 2 aliphatic heterocycles. The minimum absolute atomic E-state index is 0.0192. The third-order valence-corrected chi connectivity index (χ3v) is 12.6. The number of nitriles is 3. The van der Waals surface area contributed by atoms with Gasteiger partial charge in [-0.15, -0.1) is 0 Å². The normalized spacial score (nSPS) is 18.5. The number of benzene rings is 3. The maximum atomic E-state index is 11.5. The average molecular weight is 1010 g/mol. The topological polar surface area (TPSA) is 178 Å². The highest BCUT2D eigenvalue weighted by Gasteiger charge is 2.51. The van der Waals surface area contributed by atoms with Crippen LogP contribution in [0.5, 0.6) is 17.2 Å². The molecule has 4 aliphatic rings. The van der Waals surface area contributed by atoms with Crippen LogP contribution in [0.4, 0.5) is 4.79 Å². The molecule has 4 fully saturated rings. The van der Waals surface area contributed by atoms with E-state index in [2.05, 4.69) is 44.0 Å². The lowest BCUT2D eigenvalue weighted by Crippen LogP contribution is -2.42. The fraction of sp³-hybridized carbons (Fsp3) is 0.551. The van der Waals surface area contributed by atoms with Gasteiger partial charge in [-0.05, 0) is 167 Å². The van der Waals surface area contributed by atoms with Gasteiger partial charge >= 0.3 is 13.2 Å². The molecule has 0 unspecified atom stereocenters. The molecule has 3 aromatic carbocycles. The summed E-state index contributed by atoms with van der Waals surface area (Å²) in [6, 6.07) is 22.3. The molecule has 1 amide bonds. The van der Waals surface area contributed by atoms with Crippen LogP contribution in [-0.4, -0.2) is 76.5 Å². The summed E-state index contributed by atoms with van der Waals surface area (Å²) in [7, 11) is -0.453. The van der Waals surface area contributed by atoms with Crippen LogP contribution >= 0.6 is 31.9 Å². The van der Waals surface area contributed by atoms with Crippen LogP contribution < -0.4 is 14.9 Å². The van der Waals surface area contributed by atoms with E-state index in [-0.39, 0.29) is 40.8 Å². The number of likely N-dealkylation sites (tertiary alicyclic amines) is 1. The Morgan fingerprint density at radius 3 is 1.59 bits per heavy atom. The first-order valence-electron chi connectivity index (χ1n) is 22.2. The number of halogens is 2. The van der Waals surface area contributed by atoms with Gasteiger partial charge in [0.1, 0.15) is 41.1 Å². The number of aliphatic hydroxyl groups excluding tert-OH is 1. The van der Waals surface area contributed by atoms with Gasteiger partial charge in [0, 0.05) is 22.0 Å². The summed E-state index contributed by atoms with van der Waals surface area (Å²) >= 11 is 6.53. The number of ether oxygens (including phenoxy) is 3. The fourth-order valence-electron chi connectivity index (χ4n) is 7.25. The quantitative estimate of drug-likeness (QED) is 0.232. The highest BCUT2D eigenvalue weighted by atomic mass is 79.9. The van der Waals surface area contributed by atoms with Crippen LogP contribution in [0.15, 0.2) is 63.5 Å². The molecule has 2 saturated carbocycles. The molecule has 0 aromatic heterocycles. The molecule has 12 nitrogen and oxygen atoms in total. The Kier molecular flexibility index (Phi) is 19.9. The predicted octanol–water partition coefficient (Wildman–Crippen LogP) is 11.0. The Balaban J connectivity index is 0.000000197. The van der Waals surface area contributed by atoms with Crippen molar-refractivity contribution in [2.24, 2.45) is 0 Å². The number of piperidine rings is 1. The predicted molar refractivity (Wildman–Crippen MR) is 254 cm³/mol. The van der Waals surface area contributed by atoms with Gasteiger partial charge in [-0.25, -0.2) is 4.79 Å². The van der Waals surface area contributed by atoms with E-state index in [9.17, 15) is 15.2 Å². The van der Waals surface area contributed by atoms with Crippen molar-refractivity contribution in [1.82, 2.24) is 4.90 Å². The van der Waals surface area contributed by atoms with Gasteiger partial charge < -0.3 is 38.6 Å². The SMILES string of the molecule is CC(C)(C)OC(=O)N1CCC(O)CC1.CC1(C)OB(c2ccc(OC3CCCCC3)c(C#N)c2)OC1(C)C.N#Cc1cc(Br)ccc1O.N#Cc1cc(Br)ccc1OC1CCCCC1. The number of hydrogen-bond donors (Lipinski definition) is 2. The van der Waals surface area contributed by atoms with Crippen LogP contribution in [0.25, 0.3) is 0 Å². The van der Waals surface area contributed by atoms with Gasteiger partial charge in [-0.1, -0.05) is 50.8 Å². The van der Waals surface area contributed by atoms with E-state index in [0.717, 1.165) is 45.8 Å². The van der Waals surface area contributed by atoms with Gasteiger partial charge in [0.05, 0.1) is 46.2 Å². The molecule has 0 bridgehead atoms. The number of nitrogens with zero attached hydrogens (tertiary/aromatic N) is 4. The second-order valence-corrected chi connectivity index (χ2v) is 20.3. The molecular weight excluding hydrogens is 943 g/mol. The first kappa shape index (κ1) is 52.3. The van der Waals surface area contributed by atoms with Crippen LogP contribution in [0.3, 0.4) is 0 Å². The molecule has 2 aliphatic carbocycles. The molecule has 344 valence electrons. The largest absolute Gasteiger partial charge is 0.507 e. The van der Waals surface area contributed by atoms with Crippen molar-refractivity contribution in [2.75, 3.05) is 13.1 Å². The van der Waals surface area contributed by atoms with E-state index < -0.39 is 12.7 Å². The lowest BCUT2D eigenvalue weighted by atomic mass is 9.78. The first-order valence-corrected chi connectivity index (χ1v) is 23.8. The average Bonchev–Trinajstić information content (AvgIpc) is 3.49. The van der Waals surface area contributed by atoms with Crippen molar-refractivity contribution in [3.63, 3.8) is 0 Å². The van der Waals surface area contributed by atoms with Crippen molar-refractivity contribution in [1.29, 1.82) is 15.8 Å². The highest BCUT2D eigenvalue weighted by Crippen LogP contribution is 2.37. The molecule has 7 rings (SSSR count). The zero-order valence-corrected chi connectivity index (χ0v) is 41.5. The number of aromatic hydroxyl groups is 1. The standard InChI is InChI=1S/C19H26BNO3.C13H14BrNO.C10H19NO3.C7H4BrNO/c1-18(2)19(3,4)24-20(23-18)15-10-11-17(14(12-15)13-21)22-16-8-6-5-7-9-16;14-11-6-7-13(10(8-11)9-15)16-12-4-2-1-3-5-12;1-10(2,3)14-9(13)11-6-4-8(12)5-7-11;8-6-1-2-7(10)5(3-6)4-9/h10-12,16H,5-9H2,1-4H3;6-8,12H,1-5H2;8,12H,4-7H2,1-3H3;1-3,10H. The molecule has 2 heterocycles. The smallest absolute Gasteiger partial charge is 0.494 e. The van der Waals surface area contributed by atoms with E-state index in [1.54, 1.807) is 23.1 Å². The number of phenols is 1. The number of carbonyl (C=O) groups is 1. The van der Waals surface area contributed by atoms with Gasteiger partial charge in [0.25, 0.3) is 0 Å². The number of amides is 1. The molecule has 0 spiro atoms. The molecule has 15 heteroatoms. The van der Waals surface area contributed by atoms with Crippen molar-refractivity contribution in [3.05, 3.63) is 80.2 Å². The number of aliphatic hydroxyl groups is 1. The minimum atomic E-state index is -0.453. The Hall–Kier alpha value is -4.30. The van der Waals surface area contributed by atoms with Gasteiger partial charge in [0.15, 0.2) is 0 Å². The summed E-state index contributed by atoms with van der Waals surface area (Å²) in [4.78, 5) is 13.2. The number of hydrogen-bond acceptors (Lipinski definition) is 11. The maximum Gasteiger partial charge on any atom is 0.494 e. The Bertz CT molecular complexity index is 2110. The first-order chi connectivity index (χ1) is 30.2. The molecule has 0 radical (unpaired) electrons. The molecule has 2 N–H and O–H groups in total. The monoisotopic (exact) mass is 1000 g/mol. The summed E-state index contributed by atoms with van der Waals surface area (Å²) in [5.74, 6) is 1.41. The minimum Gasteiger partial charge on any atom is -0.507 e. The van der Waals surface area contributed by atoms with Crippen LogP contribution in [0, 0.1) is 34.0 Å². The lowest BCUT2D eigenvalue weighted by Gasteiger charge is -2.32. The van der Waals surface area contributed by atoms with Crippen LogP contribution in [0.2, 0.25) is 0 Å². The summed E-state index contributed by atoms with van der Waals surface area (Å²) in [6.45, 7) is 14.8. The third-order valence-electron chi connectivity index (χ3n) is 11.6. The molecule has 3 aromatic rings. The molecule has 0 atom stereocenters. The third kappa shape index (κ3) is 16.3. The van der Waals surface area contributed by atoms with Gasteiger partial charge in [-0.3, -0.25) is 0 Å². The molecule has 2 saturated heterocycles. The lowest BCUT2D eigenvalue weighted by molar-refractivity contribution is 0.00578. The van der Waals surface area contributed by atoms with Crippen LogP contribution in [0.1, 0.15) is 142 Å². The number of phenolic OH excluding ortho intramolecular Hbond substituents is 1. The Labute approximate surface area is 397 Å². The van der Waals surface area contributed by atoms with Gasteiger partial charge in [-0.2, -0.15) is 15.8 Å². The molecule has 64 heavy (non-hydrogen) atoms. The summed E-state index contributed by atoms with van der Waals surface area (Å²) < 4.78 is 31.0. The zero-order chi connectivity index (χ0) is 47.1. The van der Waals surface area contributed by atoms with Crippen molar-refractivity contribution >= 4 is 50.5 Å². The fourth-order valence-corrected chi connectivity index (χ4v) is 7.98. The Morgan fingerprint density at radius 1 is 0.703 bits per heavy atom. The molecular formula is C49H63BBr2N4O8. The number of carbonyl (C=O) groups excluding carboxylic acids is 1. The van der Waals surface area contributed by atoms with E-state index in [1.165, 1.54) is 44.6 Å². The van der Waals surface area contributed by atoms with Gasteiger partial charge in [0.2, 0.25) is 0 Å². The van der Waals surface area contributed by atoms with Crippen LogP contribution in [-0.2, 0) is 14.0 Å². The van der Waals surface area contributed by atoms with E-state index in [0.29, 0.717) is 48.9 Å². The zero-order valence-electron chi connectivity index (χ0n) is 38.3. The van der Waals surface area contributed by atoms with Crippen molar-refractivity contribution in [3.8, 4) is 35.5 Å². The summed E-state index contributed by atoms with van der Waals surface area (Å²) in [6.07, 6.45) is 13.2. The van der Waals surface area contributed by atoms with Crippen molar-refractivity contribution in [2.45, 2.75) is 161 Å².